The number of nitrogens with zero attached hydrogens (tertiary/aromatic N) is 6. The summed E-state index contributed by atoms with van der Waals surface area (Å²) in [6, 6.07) is 11.2. The molecule has 2 aromatic heterocycles. The molecular formula is C51H60F4N8O7S2. The number of rotatable bonds is 21. The molecule has 2 N–H and O–H groups in total. The minimum absolute atomic E-state index is 0.231. The summed E-state index contributed by atoms with van der Waals surface area (Å²) in [6.45, 7) is 14.4. The third-order valence-corrected chi connectivity index (χ3v) is 13.8. The van der Waals surface area contributed by atoms with Crippen molar-refractivity contribution in [3.63, 3.8) is 0 Å². The van der Waals surface area contributed by atoms with Crippen LogP contribution in [0, 0.1) is 36.4 Å². The van der Waals surface area contributed by atoms with E-state index >= 15 is 4.39 Å². The van der Waals surface area contributed by atoms with E-state index in [0.29, 0.717) is 80.6 Å². The molecule has 21 heteroatoms. The van der Waals surface area contributed by atoms with Gasteiger partial charge in [0.2, 0.25) is 23.6 Å². The van der Waals surface area contributed by atoms with Gasteiger partial charge in [-0.2, -0.15) is 18.4 Å². The number of nitrogens with one attached hydrogen (secondary N) is 2. The lowest BCUT2D eigenvalue weighted by Crippen LogP contribution is -2.58. The predicted molar refractivity (Wildman–Crippen MR) is 268 cm³/mol. The molecule has 4 heterocycles. The van der Waals surface area contributed by atoms with Gasteiger partial charge in [-0.1, -0.05) is 45.0 Å². The normalized spacial score (nSPS) is 16.2. The number of hydrogen-bond acceptors (Lipinski definition) is 12. The Morgan fingerprint density at radius 2 is 1.67 bits per heavy atom. The number of nitriles is 1. The van der Waals surface area contributed by atoms with Gasteiger partial charge < -0.3 is 34.6 Å². The van der Waals surface area contributed by atoms with Crippen molar-refractivity contribution >= 4 is 63.7 Å². The minimum Gasteiger partial charge on any atom is -0.478 e. The first-order chi connectivity index (χ1) is 34.1. The molecule has 2 aliphatic heterocycles. The molecule has 15 nitrogen and oxygen atoms in total. The quantitative estimate of drug-likeness (QED) is 0.0462. The molecule has 2 saturated heterocycles. The number of ether oxygens (including phenoxy) is 3. The van der Waals surface area contributed by atoms with Gasteiger partial charge >= 0.3 is 6.18 Å². The van der Waals surface area contributed by atoms with Crippen molar-refractivity contribution in [3.05, 3.63) is 87.9 Å². The molecule has 0 bridgehead atoms. The summed E-state index contributed by atoms with van der Waals surface area (Å²) >= 11 is 7.13. The van der Waals surface area contributed by atoms with E-state index in [-0.39, 0.29) is 30.1 Å². The molecule has 2 aliphatic rings. The molecule has 4 amide bonds. The van der Waals surface area contributed by atoms with Gasteiger partial charge in [-0.3, -0.25) is 24.1 Å². The number of anilines is 2. The Hall–Kier alpha value is -6.08. The molecule has 0 radical (unpaired) electrons. The van der Waals surface area contributed by atoms with Crippen LogP contribution in [0.15, 0.2) is 54.2 Å². The van der Waals surface area contributed by atoms with Crippen molar-refractivity contribution in [3.8, 4) is 22.4 Å². The van der Waals surface area contributed by atoms with Crippen LogP contribution in [0.3, 0.4) is 0 Å². The number of hydrogen-bond donors (Lipinski definition) is 2. The van der Waals surface area contributed by atoms with E-state index < -0.39 is 63.7 Å². The van der Waals surface area contributed by atoms with Crippen LogP contribution in [-0.2, 0) is 41.4 Å². The molecule has 0 unspecified atom stereocenters. The summed E-state index contributed by atoms with van der Waals surface area (Å²) in [7, 11) is 0. The maximum Gasteiger partial charge on any atom is 0.420 e. The van der Waals surface area contributed by atoms with Crippen molar-refractivity contribution < 1.29 is 51.0 Å². The van der Waals surface area contributed by atoms with Crippen molar-refractivity contribution in [2.45, 2.75) is 117 Å². The summed E-state index contributed by atoms with van der Waals surface area (Å²) in [5.41, 5.74) is 0.274. The number of likely N-dealkylation sites (tertiary alicyclic amines) is 1. The third-order valence-electron chi connectivity index (χ3n) is 12.4. The molecule has 386 valence electrons. The monoisotopic (exact) mass is 1040 g/mol. The zero-order chi connectivity index (χ0) is 52.5. The van der Waals surface area contributed by atoms with E-state index in [9.17, 15) is 37.6 Å². The number of benzene rings is 2. The number of alkyl halides is 3. The molecule has 6 rings (SSSR count). The number of aryl methyl sites for hydroxylation is 2. The Bertz CT molecular complexity index is 2670. The first-order valence-corrected chi connectivity index (χ1v) is 25.0. The Kier molecular flexibility index (Phi) is 18.1. The molecular weight excluding hydrogens is 977 g/mol. The lowest BCUT2D eigenvalue weighted by atomic mass is 9.85. The molecule has 0 saturated carbocycles. The van der Waals surface area contributed by atoms with Crippen molar-refractivity contribution in [1.82, 2.24) is 25.5 Å². The average molecular weight is 1040 g/mol. The highest BCUT2D eigenvalue weighted by Gasteiger charge is 2.52. The first kappa shape index (κ1) is 55.2. The molecule has 2 atom stereocenters. The predicted octanol–water partition coefficient (Wildman–Crippen LogP) is 8.58. The number of thiazole rings is 1. The van der Waals surface area contributed by atoms with E-state index in [1.807, 2.05) is 57.5 Å². The van der Waals surface area contributed by atoms with Crippen molar-refractivity contribution in [1.29, 1.82) is 5.26 Å². The van der Waals surface area contributed by atoms with Crippen LogP contribution >= 0.6 is 23.6 Å². The summed E-state index contributed by atoms with van der Waals surface area (Å²) < 4.78 is 73.9. The maximum atomic E-state index is 15.4. The smallest absolute Gasteiger partial charge is 0.420 e. The van der Waals surface area contributed by atoms with Crippen LogP contribution in [-0.4, -0.2) is 101 Å². The lowest BCUT2D eigenvalue weighted by molar-refractivity contribution is -0.144. The maximum absolute atomic E-state index is 15.4. The Morgan fingerprint density at radius 3 is 2.32 bits per heavy atom. The van der Waals surface area contributed by atoms with Crippen molar-refractivity contribution in [2.24, 2.45) is 5.41 Å². The highest BCUT2D eigenvalue weighted by Crippen LogP contribution is 2.43. The Labute approximate surface area is 426 Å². The number of halogens is 4. The molecule has 0 spiro atoms. The standard InChI is InChI=1S/C51H60F4N8O7S2/c1-31-25-40(57-28-38(31)63-48(71)62(47(67)50(63,6)7)36-19-18-35(26-56)41(42(36)52)51(53,54)55)70-24-10-8-9-21-68-22-12-23-69-29-39(64)60-44(49(3,4)5)46(66)61-20-11-13-37(61)45(65)58-27-33-14-16-34(17-15-33)43-32(2)59-30-72-43/h14-19,25,28,30,37,44H,8-13,20-24,27,29H2,1-7H3,(H,58,65)(H,60,64)/t37-,44+/m0/s1. The summed E-state index contributed by atoms with van der Waals surface area (Å²) in [4.78, 5) is 67.4. The molecule has 4 aromatic rings. The van der Waals surface area contributed by atoms with Gasteiger partial charge in [0.05, 0.1) is 51.9 Å². The zero-order valence-corrected chi connectivity index (χ0v) is 43.0. The molecule has 2 fully saturated rings. The number of unbranched alkanes of at least 4 members (excludes halogenated alkanes) is 2. The number of amides is 4. The number of carbonyl (C=O) groups excluding carboxylic acids is 4. The van der Waals surface area contributed by atoms with Crippen LogP contribution in [0.1, 0.15) is 101 Å². The van der Waals surface area contributed by atoms with Gasteiger partial charge in [0.15, 0.2) is 10.9 Å². The summed E-state index contributed by atoms with van der Waals surface area (Å²) in [6.07, 6.45) is 0.253. The van der Waals surface area contributed by atoms with Gasteiger partial charge in [0, 0.05) is 39.0 Å². The van der Waals surface area contributed by atoms with Gasteiger partial charge in [0.25, 0.3) is 5.91 Å². The fourth-order valence-electron chi connectivity index (χ4n) is 8.53. The van der Waals surface area contributed by atoms with Crippen molar-refractivity contribution in [2.75, 3.05) is 49.4 Å². The number of carbonyl (C=O) groups is 4. The van der Waals surface area contributed by atoms with E-state index in [4.69, 9.17) is 26.4 Å². The largest absolute Gasteiger partial charge is 0.478 e. The van der Waals surface area contributed by atoms with E-state index in [0.717, 1.165) is 46.7 Å². The Balaban J connectivity index is 0.861. The second-order valence-electron chi connectivity index (χ2n) is 19.2. The molecule has 72 heavy (non-hydrogen) atoms. The highest BCUT2D eigenvalue weighted by molar-refractivity contribution is 7.81. The van der Waals surface area contributed by atoms with Gasteiger partial charge in [-0.05, 0) is 113 Å². The van der Waals surface area contributed by atoms with Gasteiger partial charge in [-0.15, -0.1) is 11.3 Å². The van der Waals surface area contributed by atoms with Crippen LogP contribution < -0.4 is 25.2 Å². The Morgan fingerprint density at radius 1 is 0.972 bits per heavy atom. The van der Waals surface area contributed by atoms with Crippen LogP contribution in [0.25, 0.3) is 10.4 Å². The first-order valence-electron chi connectivity index (χ1n) is 23.7. The second-order valence-corrected chi connectivity index (χ2v) is 20.4. The third kappa shape index (κ3) is 12.9. The van der Waals surface area contributed by atoms with Crippen LogP contribution in [0.5, 0.6) is 5.88 Å². The van der Waals surface area contributed by atoms with E-state index in [1.54, 1.807) is 29.2 Å². The van der Waals surface area contributed by atoms with E-state index in [2.05, 4.69) is 20.6 Å². The number of thiocarbonyl (C=S) groups is 1. The minimum atomic E-state index is -5.19. The van der Waals surface area contributed by atoms with Crippen LogP contribution in [0.4, 0.5) is 28.9 Å². The summed E-state index contributed by atoms with van der Waals surface area (Å²) in [5.74, 6) is -3.21. The highest BCUT2D eigenvalue weighted by atomic mass is 32.1. The second kappa shape index (κ2) is 23.6. The SMILES string of the molecule is Cc1cc(OCCCCCOCCCOCC(=O)N[C@H](C(=O)N2CCC[C@H]2C(=O)NCc2ccc(-c3scnc3C)cc2)C(C)(C)C)ncc1N1C(=S)N(c2ccc(C#N)c(C(F)(F)F)c2F)C(=O)C1(C)C. The number of pyridine rings is 1. The van der Waals surface area contributed by atoms with Gasteiger partial charge in [0.1, 0.15) is 29.8 Å². The zero-order valence-electron chi connectivity index (χ0n) is 41.4. The summed E-state index contributed by atoms with van der Waals surface area (Å²) in [5, 5.41) is 14.8. The molecule has 2 aromatic carbocycles. The molecule has 0 aliphatic carbocycles. The van der Waals surface area contributed by atoms with Gasteiger partial charge in [-0.25, -0.2) is 14.4 Å². The van der Waals surface area contributed by atoms with E-state index in [1.165, 1.54) is 31.0 Å². The fourth-order valence-corrected chi connectivity index (χ4v) is 9.85. The topological polar surface area (TPSA) is 179 Å². The number of aromatic nitrogens is 2. The fraction of sp³-hybridized carbons (Fsp3) is 0.490. The lowest BCUT2D eigenvalue weighted by Gasteiger charge is -2.35. The van der Waals surface area contributed by atoms with Crippen LogP contribution in [0.2, 0.25) is 0 Å². The average Bonchev–Trinajstić information content (AvgIpc) is 4.04.